The summed E-state index contributed by atoms with van der Waals surface area (Å²) in [6.45, 7) is 6.01. The lowest BCUT2D eigenvalue weighted by Gasteiger charge is -2.32. The highest BCUT2D eigenvalue weighted by atomic mass is 32.2. The normalized spacial score (nSPS) is 12.9. The van der Waals surface area contributed by atoms with E-state index in [4.69, 9.17) is 0 Å². The Bertz CT molecular complexity index is 1220. The van der Waals surface area contributed by atoms with Gasteiger partial charge in [0.25, 0.3) is 5.69 Å². The van der Waals surface area contributed by atoms with Gasteiger partial charge in [-0.15, -0.1) is 0 Å². The van der Waals surface area contributed by atoms with Crippen LogP contribution in [0.4, 0.5) is 15.8 Å². The van der Waals surface area contributed by atoms with Gasteiger partial charge in [0.05, 0.1) is 16.9 Å². The first-order valence-electron chi connectivity index (χ1n) is 11.3. The average Bonchev–Trinajstić information content (AvgIpc) is 2.81. The van der Waals surface area contributed by atoms with Gasteiger partial charge in [-0.3, -0.25) is 24.0 Å². The van der Waals surface area contributed by atoms with Gasteiger partial charge in [-0.25, -0.2) is 12.8 Å². The van der Waals surface area contributed by atoms with Crippen LogP contribution in [-0.2, 0) is 26.2 Å². The lowest BCUT2D eigenvalue weighted by atomic mass is 10.1. The van der Waals surface area contributed by atoms with Crippen LogP contribution in [0.2, 0.25) is 0 Å². The van der Waals surface area contributed by atoms with Gasteiger partial charge in [-0.05, 0) is 50.5 Å². The Morgan fingerprint density at radius 3 is 2.28 bits per heavy atom. The van der Waals surface area contributed by atoms with E-state index in [1.54, 1.807) is 6.92 Å². The summed E-state index contributed by atoms with van der Waals surface area (Å²) in [7, 11) is -4.05. The van der Waals surface area contributed by atoms with Crippen molar-refractivity contribution in [1.82, 2.24) is 10.2 Å². The van der Waals surface area contributed by atoms with E-state index in [1.165, 1.54) is 48.2 Å². The standard InChI is InChI=1S/C24H31FN4O6S/c1-6-17(3)26-24(31)18(4)27(14-19-8-10-20(25)11-9-19)23(30)15-28(36(5,34)35)22-13-21(29(32)33)12-7-16(22)2/h7-13,17-18H,6,14-15H2,1-5H3,(H,26,31)/t17-,18+/m0/s1. The molecule has 2 rings (SSSR count). The quantitative estimate of drug-likeness (QED) is 0.356. The van der Waals surface area contributed by atoms with E-state index in [-0.39, 0.29) is 24.0 Å². The molecule has 10 nitrogen and oxygen atoms in total. The molecule has 0 bridgehead atoms. The number of nitro groups is 1. The summed E-state index contributed by atoms with van der Waals surface area (Å²) < 4.78 is 39.5. The summed E-state index contributed by atoms with van der Waals surface area (Å²) in [5.74, 6) is -1.61. The monoisotopic (exact) mass is 522 g/mol. The number of non-ortho nitro benzene ring substituents is 1. The molecule has 2 aromatic rings. The summed E-state index contributed by atoms with van der Waals surface area (Å²) in [6.07, 6.45) is 1.56. The fraction of sp³-hybridized carbons (Fsp3) is 0.417. The maximum Gasteiger partial charge on any atom is 0.271 e. The SMILES string of the molecule is CC[C@H](C)NC(=O)[C@@H](C)N(Cc1ccc(F)cc1)C(=O)CN(c1cc([N+](=O)[O-])ccc1C)S(C)(=O)=O. The first-order chi connectivity index (χ1) is 16.7. The number of nitro benzene ring substituents is 1. The molecule has 0 spiro atoms. The third kappa shape index (κ3) is 7.48. The molecule has 0 aliphatic heterocycles. The Kier molecular flexibility index (Phi) is 9.51. The topological polar surface area (TPSA) is 130 Å². The molecule has 0 saturated carbocycles. The second kappa shape index (κ2) is 11.9. The number of aryl methyl sites for hydroxylation is 1. The minimum Gasteiger partial charge on any atom is -0.352 e. The van der Waals surface area contributed by atoms with E-state index in [2.05, 4.69) is 5.32 Å². The molecule has 2 aromatic carbocycles. The number of carbonyl (C=O) groups excluding carboxylic acids is 2. The zero-order chi connectivity index (χ0) is 27.2. The number of benzene rings is 2. The summed E-state index contributed by atoms with van der Waals surface area (Å²) in [4.78, 5) is 38.2. The molecule has 36 heavy (non-hydrogen) atoms. The molecule has 0 heterocycles. The predicted molar refractivity (Wildman–Crippen MR) is 134 cm³/mol. The van der Waals surface area contributed by atoms with Crippen LogP contribution in [0.15, 0.2) is 42.5 Å². The van der Waals surface area contributed by atoms with E-state index >= 15 is 0 Å². The second-order valence-corrected chi connectivity index (χ2v) is 10.5. The first kappa shape index (κ1) is 28.7. The molecular formula is C24H31FN4O6S. The van der Waals surface area contributed by atoms with Crippen molar-refractivity contribution in [3.8, 4) is 0 Å². The Morgan fingerprint density at radius 2 is 1.75 bits per heavy atom. The summed E-state index contributed by atoms with van der Waals surface area (Å²) in [6, 6.07) is 7.97. The Labute approximate surface area is 210 Å². The van der Waals surface area contributed by atoms with E-state index in [9.17, 15) is 32.5 Å². The third-order valence-corrected chi connectivity index (χ3v) is 6.91. The van der Waals surface area contributed by atoms with Crippen LogP contribution < -0.4 is 9.62 Å². The van der Waals surface area contributed by atoms with E-state index < -0.39 is 45.2 Å². The summed E-state index contributed by atoms with van der Waals surface area (Å²) in [5, 5.41) is 14.1. The number of amides is 2. The van der Waals surface area contributed by atoms with Crippen molar-refractivity contribution >= 4 is 33.2 Å². The molecule has 0 aromatic heterocycles. The number of rotatable bonds is 11. The van der Waals surface area contributed by atoms with Crippen LogP contribution in [0.3, 0.4) is 0 Å². The van der Waals surface area contributed by atoms with Crippen molar-refractivity contribution in [2.75, 3.05) is 17.1 Å². The smallest absolute Gasteiger partial charge is 0.271 e. The number of nitrogens with zero attached hydrogens (tertiary/aromatic N) is 3. The minimum absolute atomic E-state index is 0.0153. The van der Waals surface area contributed by atoms with Gasteiger partial charge in [0.2, 0.25) is 21.8 Å². The maximum absolute atomic E-state index is 13.5. The number of nitrogens with one attached hydrogen (secondary N) is 1. The first-order valence-corrected chi connectivity index (χ1v) is 13.2. The number of carbonyl (C=O) groups is 2. The summed E-state index contributed by atoms with van der Waals surface area (Å²) >= 11 is 0. The minimum atomic E-state index is -4.05. The molecule has 0 aliphatic carbocycles. The van der Waals surface area contributed by atoms with Gasteiger partial charge in [-0.1, -0.05) is 25.1 Å². The fourth-order valence-electron chi connectivity index (χ4n) is 3.41. The van der Waals surface area contributed by atoms with Crippen LogP contribution in [0, 0.1) is 22.9 Å². The molecule has 1 N–H and O–H groups in total. The lowest BCUT2D eigenvalue weighted by Crippen LogP contribution is -2.52. The fourth-order valence-corrected chi connectivity index (χ4v) is 4.31. The molecular weight excluding hydrogens is 491 g/mol. The maximum atomic E-state index is 13.5. The summed E-state index contributed by atoms with van der Waals surface area (Å²) in [5.41, 5.74) is 0.594. The lowest BCUT2D eigenvalue weighted by molar-refractivity contribution is -0.384. The van der Waals surface area contributed by atoms with Crippen LogP contribution in [-0.4, -0.2) is 54.9 Å². The molecule has 2 atom stereocenters. The van der Waals surface area contributed by atoms with Crippen molar-refractivity contribution < 1.29 is 27.3 Å². The highest BCUT2D eigenvalue weighted by Crippen LogP contribution is 2.28. The Morgan fingerprint density at radius 1 is 1.14 bits per heavy atom. The van der Waals surface area contributed by atoms with Gasteiger partial charge in [0, 0.05) is 24.7 Å². The van der Waals surface area contributed by atoms with Gasteiger partial charge >= 0.3 is 0 Å². The molecule has 12 heteroatoms. The predicted octanol–water partition coefficient (Wildman–Crippen LogP) is 3.14. The average molecular weight is 523 g/mol. The molecule has 0 saturated heterocycles. The molecule has 0 aliphatic rings. The van der Waals surface area contributed by atoms with Crippen molar-refractivity contribution in [3.05, 3.63) is 69.5 Å². The van der Waals surface area contributed by atoms with Crippen molar-refractivity contribution in [1.29, 1.82) is 0 Å². The number of halogens is 1. The molecule has 0 fully saturated rings. The van der Waals surface area contributed by atoms with Gasteiger partial charge < -0.3 is 10.2 Å². The van der Waals surface area contributed by atoms with E-state index in [1.807, 2.05) is 13.8 Å². The molecule has 2 amide bonds. The highest BCUT2D eigenvalue weighted by molar-refractivity contribution is 7.92. The zero-order valence-corrected chi connectivity index (χ0v) is 21.7. The van der Waals surface area contributed by atoms with Crippen LogP contribution in [0.5, 0.6) is 0 Å². The third-order valence-electron chi connectivity index (χ3n) is 5.79. The Hall–Kier alpha value is -3.54. The van der Waals surface area contributed by atoms with Crippen molar-refractivity contribution in [2.45, 2.75) is 52.7 Å². The van der Waals surface area contributed by atoms with Gasteiger partial charge in [-0.2, -0.15) is 0 Å². The largest absolute Gasteiger partial charge is 0.352 e. The number of sulfonamides is 1. The number of anilines is 1. The highest BCUT2D eigenvalue weighted by Gasteiger charge is 2.31. The number of hydrogen-bond donors (Lipinski definition) is 1. The Balaban J connectivity index is 2.47. The molecule has 0 unspecified atom stereocenters. The van der Waals surface area contributed by atoms with E-state index in [0.29, 0.717) is 17.5 Å². The van der Waals surface area contributed by atoms with Gasteiger partial charge in [0.15, 0.2) is 0 Å². The van der Waals surface area contributed by atoms with E-state index in [0.717, 1.165) is 16.6 Å². The molecule has 0 radical (unpaired) electrons. The number of hydrogen-bond acceptors (Lipinski definition) is 6. The second-order valence-electron chi connectivity index (χ2n) is 8.64. The van der Waals surface area contributed by atoms with Crippen molar-refractivity contribution in [3.63, 3.8) is 0 Å². The van der Waals surface area contributed by atoms with Gasteiger partial charge in [0.1, 0.15) is 18.4 Å². The zero-order valence-electron chi connectivity index (χ0n) is 20.9. The van der Waals surface area contributed by atoms with Crippen molar-refractivity contribution in [2.24, 2.45) is 0 Å². The van der Waals surface area contributed by atoms with Crippen LogP contribution in [0.25, 0.3) is 0 Å². The van der Waals surface area contributed by atoms with Crippen LogP contribution in [0.1, 0.15) is 38.3 Å². The van der Waals surface area contributed by atoms with Crippen LogP contribution >= 0.6 is 0 Å². The molecule has 196 valence electrons.